The Kier molecular flexibility index (Phi) is 9.75. The molecule has 1 atom stereocenters. The molecular formula is C23H30F2N4O5S. The van der Waals surface area contributed by atoms with Crippen LogP contribution in [-0.4, -0.2) is 63.8 Å². The van der Waals surface area contributed by atoms with Gasteiger partial charge in [0.2, 0.25) is 5.88 Å². The summed E-state index contributed by atoms with van der Waals surface area (Å²) < 4.78 is 36.9. The van der Waals surface area contributed by atoms with Crippen molar-refractivity contribution in [3.63, 3.8) is 0 Å². The molecule has 9 nitrogen and oxygen atoms in total. The van der Waals surface area contributed by atoms with Gasteiger partial charge in [-0.2, -0.15) is 4.37 Å². The number of nitrogens with one attached hydrogen (secondary N) is 2. The van der Waals surface area contributed by atoms with E-state index in [1.54, 1.807) is 0 Å². The van der Waals surface area contributed by atoms with Crippen molar-refractivity contribution in [2.75, 3.05) is 31.5 Å². The molecule has 2 aromatic rings. The van der Waals surface area contributed by atoms with E-state index >= 15 is 0 Å². The van der Waals surface area contributed by atoms with Gasteiger partial charge in [0.1, 0.15) is 23.2 Å². The zero-order chi connectivity index (χ0) is 25.4. The highest BCUT2D eigenvalue weighted by molar-refractivity contribution is 7.11. The molecule has 2 amide bonds. The number of aromatic carboxylic acids is 1. The van der Waals surface area contributed by atoms with Gasteiger partial charge in [-0.3, -0.25) is 5.32 Å². The van der Waals surface area contributed by atoms with Crippen LogP contribution in [-0.2, 0) is 6.61 Å². The summed E-state index contributed by atoms with van der Waals surface area (Å²) >= 11 is 0.700. The van der Waals surface area contributed by atoms with E-state index < -0.39 is 36.3 Å². The maximum Gasteiger partial charge on any atom is 0.344 e. The first kappa shape index (κ1) is 26.8. The number of carboxylic acid groups (broad SMARTS) is 1. The molecule has 1 fully saturated rings. The summed E-state index contributed by atoms with van der Waals surface area (Å²) in [5.41, 5.74) is -0.331. The predicted molar refractivity (Wildman–Crippen MR) is 127 cm³/mol. The summed E-state index contributed by atoms with van der Waals surface area (Å²) in [6.07, 6.45) is 4.16. The van der Waals surface area contributed by atoms with E-state index in [0.29, 0.717) is 37.5 Å². The van der Waals surface area contributed by atoms with Crippen LogP contribution >= 0.6 is 11.5 Å². The molecule has 192 valence electrons. The number of rotatable bonds is 11. The number of carboxylic acids is 1. The Morgan fingerprint density at radius 1 is 1.23 bits per heavy atom. The van der Waals surface area contributed by atoms with Gasteiger partial charge in [-0.25, -0.2) is 18.4 Å². The van der Waals surface area contributed by atoms with Crippen molar-refractivity contribution in [2.24, 2.45) is 0 Å². The number of β-amino-alcohol motifs (C(OH)–C–C–N with tert-alkyl or cyclic N) is 1. The van der Waals surface area contributed by atoms with Gasteiger partial charge in [-0.15, -0.1) is 0 Å². The van der Waals surface area contributed by atoms with Crippen LogP contribution in [0.2, 0.25) is 0 Å². The van der Waals surface area contributed by atoms with E-state index in [-0.39, 0.29) is 27.6 Å². The molecule has 35 heavy (non-hydrogen) atoms. The third-order valence-corrected chi connectivity index (χ3v) is 6.46. The number of urea groups is 1. The number of ether oxygens (including phenoxy) is 1. The lowest BCUT2D eigenvalue weighted by Gasteiger charge is -2.28. The number of hydrogen-bond acceptors (Lipinski definition) is 7. The number of aryl methyl sites for hydroxylation is 1. The fourth-order valence-corrected chi connectivity index (χ4v) is 4.53. The number of carbonyl (C=O) groups excluding carboxylic acids is 1. The molecule has 1 aromatic heterocycles. The molecule has 12 heteroatoms. The highest BCUT2D eigenvalue weighted by Gasteiger charge is 2.24. The number of nitrogens with zero attached hydrogens (tertiary/aromatic N) is 2. The third-order valence-electron chi connectivity index (χ3n) is 5.71. The molecule has 1 saturated heterocycles. The van der Waals surface area contributed by atoms with E-state index in [1.807, 2.05) is 0 Å². The van der Waals surface area contributed by atoms with Crippen molar-refractivity contribution in [1.29, 1.82) is 0 Å². The summed E-state index contributed by atoms with van der Waals surface area (Å²) in [5.74, 6) is -2.99. The largest absolute Gasteiger partial charge is 0.477 e. The first-order chi connectivity index (χ1) is 16.7. The van der Waals surface area contributed by atoms with Crippen molar-refractivity contribution in [2.45, 2.75) is 51.7 Å². The smallest absolute Gasteiger partial charge is 0.344 e. The molecule has 0 radical (unpaired) electrons. The Labute approximate surface area is 206 Å². The molecule has 3 rings (SSSR count). The number of aliphatic hydroxyl groups is 1. The molecule has 0 spiro atoms. The number of aromatic nitrogens is 1. The lowest BCUT2D eigenvalue weighted by atomic mass is 10.1. The van der Waals surface area contributed by atoms with Crippen LogP contribution in [0.15, 0.2) is 12.1 Å². The minimum atomic E-state index is -1.39. The van der Waals surface area contributed by atoms with Gasteiger partial charge in [0.05, 0.1) is 6.10 Å². The number of carbonyl (C=O) groups is 2. The lowest BCUT2D eigenvalue weighted by molar-refractivity contribution is 0.0692. The minimum absolute atomic E-state index is 0.0503. The SMILES string of the molecule is Cc1cc(F)c(COc2nsc(NC(=O)NCCCC(O)CN3CCCCC3)c2C(=O)O)cc1F. The number of hydrogen-bond donors (Lipinski definition) is 4. The number of amides is 2. The molecule has 1 aliphatic heterocycles. The minimum Gasteiger partial charge on any atom is -0.477 e. The molecule has 1 aliphatic rings. The van der Waals surface area contributed by atoms with Gasteiger partial charge in [-0.05, 0) is 74.9 Å². The molecular weight excluding hydrogens is 482 g/mol. The van der Waals surface area contributed by atoms with Gasteiger partial charge in [0, 0.05) is 18.7 Å². The third kappa shape index (κ3) is 7.84. The van der Waals surface area contributed by atoms with Crippen LogP contribution in [0.3, 0.4) is 0 Å². The molecule has 0 aliphatic carbocycles. The second kappa shape index (κ2) is 12.8. The number of anilines is 1. The van der Waals surface area contributed by atoms with Crippen molar-refractivity contribution >= 4 is 28.5 Å². The topological polar surface area (TPSA) is 124 Å². The highest BCUT2D eigenvalue weighted by atomic mass is 32.1. The van der Waals surface area contributed by atoms with Crippen molar-refractivity contribution in [3.8, 4) is 5.88 Å². The summed E-state index contributed by atoms with van der Waals surface area (Å²) in [7, 11) is 0. The van der Waals surface area contributed by atoms with Gasteiger partial charge >= 0.3 is 12.0 Å². The van der Waals surface area contributed by atoms with E-state index in [0.717, 1.165) is 38.1 Å². The Morgan fingerprint density at radius 2 is 1.97 bits per heavy atom. The molecule has 2 heterocycles. The van der Waals surface area contributed by atoms with Crippen molar-refractivity contribution in [3.05, 3.63) is 40.5 Å². The Morgan fingerprint density at radius 3 is 2.69 bits per heavy atom. The van der Waals surface area contributed by atoms with Crippen LogP contribution in [0.25, 0.3) is 0 Å². The zero-order valence-electron chi connectivity index (χ0n) is 19.5. The molecule has 0 saturated carbocycles. The number of aliphatic hydroxyl groups excluding tert-OH is 1. The zero-order valence-corrected chi connectivity index (χ0v) is 20.3. The van der Waals surface area contributed by atoms with E-state index in [1.165, 1.54) is 13.3 Å². The summed E-state index contributed by atoms with van der Waals surface area (Å²) in [6.45, 7) is 3.91. The lowest BCUT2D eigenvalue weighted by Crippen LogP contribution is -2.37. The summed E-state index contributed by atoms with van der Waals surface area (Å²) in [4.78, 5) is 26.2. The van der Waals surface area contributed by atoms with Crippen LogP contribution in [0.5, 0.6) is 5.88 Å². The quantitative estimate of drug-likeness (QED) is 0.338. The summed E-state index contributed by atoms with van der Waals surface area (Å²) in [5, 5.41) is 24.7. The molecule has 4 N–H and O–H groups in total. The van der Waals surface area contributed by atoms with Gasteiger partial charge in [0.25, 0.3) is 0 Å². The maximum atomic E-state index is 14.0. The van der Waals surface area contributed by atoms with Crippen LogP contribution in [0, 0.1) is 18.6 Å². The standard InChI is InChI=1S/C23H30F2N4O5S/c1-14-10-18(25)15(11-17(14)24)13-34-20-19(22(31)32)21(35-28-20)27-23(33)26-7-5-6-16(30)12-29-8-3-2-4-9-29/h10-11,16,30H,2-9,12-13H2,1H3,(H,31,32)(H2,26,27,33). The first-order valence-electron chi connectivity index (χ1n) is 11.5. The predicted octanol–water partition coefficient (Wildman–Crippen LogP) is 3.76. The van der Waals surface area contributed by atoms with E-state index in [2.05, 4.69) is 19.9 Å². The first-order valence-corrected chi connectivity index (χ1v) is 12.3. The maximum absolute atomic E-state index is 14.0. The number of halogens is 2. The number of benzene rings is 1. The van der Waals surface area contributed by atoms with E-state index in [4.69, 9.17) is 4.74 Å². The molecule has 0 bridgehead atoms. The second-order valence-electron chi connectivity index (χ2n) is 8.52. The molecule has 1 unspecified atom stereocenters. The fraction of sp³-hybridized carbons (Fsp3) is 0.522. The van der Waals surface area contributed by atoms with Crippen LogP contribution in [0.1, 0.15) is 53.6 Å². The summed E-state index contributed by atoms with van der Waals surface area (Å²) in [6, 6.07) is 1.38. The number of piperidine rings is 1. The van der Waals surface area contributed by atoms with Gasteiger partial charge in [0.15, 0.2) is 5.56 Å². The highest BCUT2D eigenvalue weighted by Crippen LogP contribution is 2.31. The normalized spacial score (nSPS) is 15.0. The Balaban J connectivity index is 1.47. The van der Waals surface area contributed by atoms with Crippen molar-refractivity contribution in [1.82, 2.24) is 14.6 Å². The van der Waals surface area contributed by atoms with E-state index in [9.17, 15) is 28.6 Å². The Hall–Kier alpha value is -2.83. The number of likely N-dealkylation sites (tertiary alicyclic amines) is 1. The van der Waals surface area contributed by atoms with Gasteiger partial charge in [-0.1, -0.05) is 6.42 Å². The van der Waals surface area contributed by atoms with Crippen molar-refractivity contribution < 1.29 is 33.3 Å². The van der Waals surface area contributed by atoms with Gasteiger partial charge < -0.3 is 25.2 Å². The fourth-order valence-electron chi connectivity index (χ4n) is 3.81. The second-order valence-corrected chi connectivity index (χ2v) is 9.29. The monoisotopic (exact) mass is 512 g/mol. The Bertz CT molecular complexity index is 1030. The average molecular weight is 513 g/mol. The van der Waals surface area contributed by atoms with Crippen LogP contribution < -0.4 is 15.4 Å². The molecule has 1 aromatic carbocycles. The average Bonchev–Trinajstić information content (AvgIpc) is 3.21. The van der Waals surface area contributed by atoms with Crippen LogP contribution in [0.4, 0.5) is 18.6 Å².